The minimum absolute atomic E-state index is 0.153. The Balaban J connectivity index is 1.39. The molecular weight excluding hydrogens is 450 g/mol. The van der Waals surface area contributed by atoms with Crippen molar-refractivity contribution in [2.24, 2.45) is 0 Å². The normalized spacial score (nSPS) is 14.3. The topological polar surface area (TPSA) is 100 Å². The monoisotopic (exact) mass is 477 g/mol. The van der Waals surface area contributed by atoms with Crippen LogP contribution in [0.2, 0.25) is 0 Å². The molecule has 2 heterocycles. The van der Waals surface area contributed by atoms with Crippen LogP contribution in [-0.2, 0) is 6.54 Å². The second-order valence-corrected chi connectivity index (χ2v) is 9.28. The Kier molecular flexibility index (Phi) is 7.64. The summed E-state index contributed by atoms with van der Waals surface area (Å²) in [7, 11) is 0. The lowest BCUT2D eigenvalue weighted by atomic mass is 10.1. The molecule has 1 aliphatic heterocycles. The minimum atomic E-state index is -0.484. The number of nitro groups is 1. The summed E-state index contributed by atoms with van der Waals surface area (Å²) in [5.74, 6) is 1.92. The van der Waals surface area contributed by atoms with Gasteiger partial charge in [-0.3, -0.25) is 19.9 Å². The largest absolute Gasteiger partial charge is 0.371 e. The Hall–Kier alpha value is -3.59. The lowest BCUT2D eigenvalue weighted by Gasteiger charge is -2.28. The van der Waals surface area contributed by atoms with E-state index in [9.17, 15) is 14.9 Å². The first kappa shape index (κ1) is 23.6. The van der Waals surface area contributed by atoms with Crippen LogP contribution >= 0.6 is 11.8 Å². The van der Waals surface area contributed by atoms with Crippen molar-refractivity contribution in [3.63, 3.8) is 0 Å². The van der Waals surface area contributed by atoms with Crippen LogP contribution in [0.4, 0.5) is 17.1 Å². The standard InChI is InChI=1S/C25H27N5O3S/c1-18(22-4-2-3-11-26-22)28-23-10-7-20(16-24(23)30(32)33)25(31)27-17-19-5-8-21(9-6-19)29-12-14-34-15-13-29/h2-11,16,18,28H,12-15,17H2,1H3,(H,27,31). The van der Waals surface area contributed by atoms with Crippen LogP contribution in [0.5, 0.6) is 0 Å². The summed E-state index contributed by atoms with van der Waals surface area (Å²) in [5, 5.41) is 17.7. The summed E-state index contributed by atoms with van der Waals surface area (Å²) in [6.45, 7) is 4.32. The van der Waals surface area contributed by atoms with E-state index in [4.69, 9.17) is 0 Å². The highest BCUT2D eigenvalue weighted by Gasteiger charge is 2.20. The molecule has 0 bridgehead atoms. The van der Waals surface area contributed by atoms with Crippen molar-refractivity contribution in [1.82, 2.24) is 10.3 Å². The van der Waals surface area contributed by atoms with Gasteiger partial charge in [0.05, 0.1) is 16.7 Å². The molecule has 1 saturated heterocycles. The number of aromatic nitrogens is 1. The first-order chi connectivity index (χ1) is 16.5. The van der Waals surface area contributed by atoms with Gasteiger partial charge in [0.1, 0.15) is 5.69 Å². The van der Waals surface area contributed by atoms with E-state index in [-0.39, 0.29) is 23.2 Å². The molecule has 8 nitrogen and oxygen atoms in total. The maximum absolute atomic E-state index is 12.7. The Labute approximate surface area is 202 Å². The highest BCUT2D eigenvalue weighted by atomic mass is 32.2. The molecule has 0 saturated carbocycles. The number of carbonyl (C=O) groups excluding carboxylic acids is 1. The quantitative estimate of drug-likeness (QED) is 0.360. The zero-order valence-corrected chi connectivity index (χ0v) is 19.8. The van der Waals surface area contributed by atoms with Gasteiger partial charge >= 0.3 is 0 Å². The third-order valence-electron chi connectivity index (χ3n) is 5.73. The fourth-order valence-corrected chi connectivity index (χ4v) is 4.72. The number of anilines is 2. The Morgan fingerprint density at radius 1 is 1.15 bits per heavy atom. The van der Waals surface area contributed by atoms with Crippen LogP contribution in [-0.4, -0.2) is 40.4 Å². The maximum atomic E-state index is 12.7. The molecule has 34 heavy (non-hydrogen) atoms. The molecule has 176 valence electrons. The number of amides is 1. The van der Waals surface area contributed by atoms with Crippen LogP contribution < -0.4 is 15.5 Å². The number of nitro benzene ring substituents is 1. The molecule has 1 aromatic heterocycles. The number of carbonyl (C=O) groups is 1. The third-order valence-corrected chi connectivity index (χ3v) is 6.67. The van der Waals surface area contributed by atoms with Crippen molar-refractivity contribution in [2.45, 2.75) is 19.5 Å². The van der Waals surface area contributed by atoms with E-state index in [1.54, 1.807) is 18.3 Å². The van der Waals surface area contributed by atoms with E-state index in [2.05, 4.69) is 32.7 Å². The van der Waals surface area contributed by atoms with Crippen LogP contribution in [0.15, 0.2) is 66.9 Å². The number of hydrogen-bond acceptors (Lipinski definition) is 7. The van der Waals surface area contributed by atoms with Crippen LogP contribution in [0.25, 0.3) is 0 Å². The maximum Gasteiger partial charge on any atom is 0.293 e. The van der Waals surface area contributed by atoms with E-state index in [0.29, 0.717) is 12.2 Å². The van der Waals surface area contributed by atoms with Crippen molar-refractivity contribution in [1.29, 1.82) is 0 Å². The highest BCUT2D eigenvalue weighted by Crippen LogP contribution is 2.29. The summed E-state index contributed by atoms with van der Waals surface area (Å²) in [6, 6.07) is 17.9. The molecule has 0 spiro atoms. The number of hydrogen-bond donors (Lipinski definition) is 2. The molecule has 1 aliphatic rings. The van der Waals surface area contributed by atoms with E-state index >= 15 is 0 Å². The van der Waals surface area contributed by atoms with Gasteiger partial charge in [-0.25, -0.2) is 0 Å². The summed E-state index contributed by atoms with van der Waals surface area (Å²) in [5.41, 5.74) is 3.36. The predicted octanol–water partition coefficient (Wildman–Crippen LogP) is 4.65. The number of nitrogens with one attached hydrogen (secondary N) is 2. The molecule has 1 atom stereocenters. The third kappa shape index (κ3) is 5.85. The second kappa shape index (κ2) is 11.0. The van der Waals surface area contributed by atoms with Gasteiger partial charge in [0, 0.05) is 54.7 Å². The second-order valence-electron chi connectivity index (χ2n) is 8.06. The smallest absolute Gasteiger partial charge is 0.293 e. The van der Waals surface area contributed by atoms with Gasteiger partial charge in [-0.05, 0) is 48.9 Å². The van der Waals surface area contributed by atoms with E-state index in [1.165, 1.54) is 11.8 Å². The van der Waals surface area contributed by atoms with Crippen molar-refractivity contribution in [3.8, 4) is 0 Å². The molecule has 0 aliphatic carbocycles. The average Bonchev–Trinajstić information content (AvgIpc) is 2.88. The lowest BCUT2D eigenvalue weighted by Crippen LogP contribution is -2.32. The van der Waals surface area contributed by atoms with Gasteiger partial charge < -0.3 is 15.5 Å². The molecule has 9 heteroatoms. The van der Waals surface area contributed by atoms with Gasteiger partial charge in [-0.2, -0.15) is 11.8 Å². The Bertz CT molecular complexity index is 1140. The summed E-state index contributed by atoms with van der Waals surface area (Å²) in [4.78, 5) is 30.5. The Morgan fingerprint density at radius 2 is 1.91 bits per heavy atom. The highest BCUT2D eigenvalue weighted by molar-refractivity contribution is 7.99. The van der Waals surface area contributed by atoms with Crippen molar-refractivity contribution in [3.05, 3.63) is 93.8 Å². The summed E-state index contributed by atoms with van der Waals surface area (Å²) < 4.78 is 0. The summed E-state index contributed by atoms with van der Waals surface area (Å²) in [6.07, 6.45) is 1.68. The van der Waals surface area contributed by atoms with Crippen LogP contribution in [0.1, 0.15) is 34.6 Å². The van der Waals surface area contributed by atoms with E-state index in [0.717, 1.165) is 35.9 Å². The minimum Gasteiger partial charge on any atom is -0.371 e. The number of pyridine rings is 1. The predicted molar refractivity (Wildman–Crippen MR) is 137 cm³/mol. The number of thioether (sulfide) groups is 1. The number of nitrogens with zero attached hydrogens (tertiary/aromatic N) is 3. The van der Waals surface area contributed by atoms with Crippen molar-refractivity contribution in [2.75, 3.05) is 34.8 Å². The van der Waals surface area contributed by atoms with Gasteiger partial charge in [0.15, 0.2) is 0 Å². The van der Waals surface area contributed by atoms with Crippen molar-refractivity contribution >= 4 is 34.7 Å². The average molecular weight is 478 g/mol. The van der Waals surface area contributed by atoms with Gasteiger partial charge in [0.2, 0.25) is 0 Å². The Morgan fingerprint density at radius 3 is 2.59 bits per heavy atom. The molecule has 1 unspecified atom stereocenters. The van der Waals surface area contributed by atoms with Crippen LogP contribution in [0.3, 0.4) is 0 Å². The van der Waals surface area contributed by atoms with E-state index in [1.807, 2.05) is 49.0 Å². The SMILES string of the molecule is CC(Nc1ccc(C(=O)NCc2ccc(N3CCSCC3)cc2)cc1[N+](=O)[O-])c1ccccn1. The van der Waals surface area contributed by atoms with Gasteiger partial charge in [-0.1, -0.05) is 18.2 Å². The molecule has 1 amide bonds. The molecule has 2 aromatic carbocycles. The van der Waals surface area contributed by atoms with Crippen LogP contribution in [0, 0.1) is 10.1 Å². The van der Waals surface area contributed by atoms with E-state index < -0.39 is 4.92 Å². The van der Waals surface area contributed by atoms with Gasteiger partial charge in [0.25, 0.3) is 11.6 Å². The van der Waals surface area contributed by atoms with Gasteiger partial charge in [-0.15, -0.1) is 0 Å². The molecule has 1 fully saturated rings. The lowest BCUT2D eigenvalue weighted by molar-refractivity contribution is -0.384. The number of benzene rings is 2. The zero-order valence-electron chi connectivity index (χ0n) is 18.9. The molecule has 2 N–H and O–H groups in total. The molecule has 3 aromatic rings. The molecule has 4 rings (SSSR count). The molecule has 0 radical (unpaired) electrons. The van der Waals surface area contributed by atoms with Crippen molar-refractivity contribution < 1.29 is 9.72 Å². The fourth-order valence-electron chi connectivity index (χ4n) is 3.82. The summed E-state index contributed by atoms with van der Waals surface area (Å²) >= 11 is 1.97. The first-order valence-corrected chi connectivity index (χ1v) is 12.3. The first-order valence-electron chi connectivity index (χ1n) is 11.2. The molecular formula is C25H27N5O3S. The number of rotatable bonds is 8. The zero-order chi connectivity index (χ0) is 23.9. The fraction of sp³-hybridized carbons (Fsp3) is 0.280.